The van der Waals surface area contributed by atoms with Gasteiger partial charge in [-0.05, 0) is 51.3 Å². The standard InChI is InChI=1S/C20H31N2O7P/c1-20(2,3)29-19(25)22-12-6-7-16(22)18(24)21-15-10-8-14(9-11-15)17(23)13-30(26,27-4)28-5/h8-11,16-17,23H,6-7,12-13H2,1-5H3,(H,21,24)/t16-,17+/m0/s1. The quantitative estimate of drug-likeness (QED) is 0.621. The highest BCUT2D eigenvalue weighted by atomic mass is 31.2. The van der Waals surface area contributed by atoms with Crippen LogP contribution in [0.3, 0.4) is 0 Å². The van der Waals surface area contributed by atoms with Crippen molar-refractivity contribution in [3.05, 3.63) is 29.8 Å². The zero-order valence-corrected chi connectivity index (χ0v) is 19.0. The number of aliphatic hydroxyl groups excluding tert-OH is 1. The number of benzene rings is 1. The maximum atomic E-state index is 12.7. The average Bonchev–Trinajstić information content (AvgIpc) is 3.17. The maximum absolute atomic E-state index is 12.7. The predicted octanol–water partition coefficient (Wildman–Crippen LogP) is 3.54. The van der Waals surface area contributed by atoms with Crippen molar-refractivity contribution >= 4 is 25.3 Å². The van der Waals surface area contributed by atoms with E-state index in [1.54, 1.807) is 45.0 Å². The van der Waals surface area contributed by atoms with Gasteiger partial charge < -0.3 is 24.2 Å². The summed E-state index contributed by atoms with van der Waals surface area (Å²) in [7, 11) is -0.826. The first-order chi connectivity index (χ1) is 14.0. The predicted molar refractivity (Wildman–Crippen MR) is 112 cm³/mol. The zero-order chi connectivity index (χ0) is 22.5. The SMILES string of the molecule is COP(=O)(C[C@@H](O)c1ccc(NC(=O)[C@@H]2CCCN2C(=O)OC(C)(C)C)cc1)OC. The van der Waals surface area contributed by atoms with Crippen LogP contribution < -0.4 is 5.32 Å². The molecule has 0 aromatic heterocycles. The number of anilines is 1. The minimum Gasteiger partial charge on any atom is -0.444 e. The molecule has 9 nitrogen and oxygen atoms in total. The van der Waals surface area contributed by atoms with E-state index in [2.05, 4.69) is 5.32 Å². The largest absolute Gasteiger partial charge is 0.444 e. The van der Waals surface area contributed by atoms with Crippen molar-refractivity contribution in [3.63, 3.8) is 0 Å². The summed E-state index contributed by atoms with van der Waals surface area (Å²) in [6.45, 7) is 5.82. The molecule has 0 radical (unpaired) electrons. The Morgan fingerprint density at radius 1 is 1.23 bits per heavy atom. The van der Waals surface area contributed by atoms with Crippen LogP contribution in [0.15, 0.2) is 24.3 Å². The summed E-state index contributed by atoms with van der Waals surface area (Å²) in [6, 6.07) is 5.91. The van der Waals surface area contributed by atoms with E-state index in [0.717, 1.165) is 6.42 Å². The summed E-state index contributed by atoms with van der Waals surface area (Å²) in [5.41, 5.74) is 0.402. The van der Waals surface area contributed by atoms with Gasteiger partial charge in [0.2, 0.25) is 5.91 Å². The van der Waals surface area contributed by atoms with E-state index < -0.39 is 31.4 Å². The van der Waals surface area contributed by atoms with E-state index in [4.69, 9.17) is 13.8 Å². The molecule has 2 amide bonds. The summed E-state index contributed by atoms with van der Waals surface area (Å²) in [6.07, 6.45) is -0.442. The molecule has 1 fully saturated rings. The fraction of sp³-hybridized carbons (Fsp3) is 0.600. The van der Waals surface area contributed by atoms with Gasteiger partial charge in [0.15, 0.2) is 0 Å². The van der Waals surface area contributed by atoms with Crippen LogP contribution in [0, 0.1) is 0 Å². The second-order valence-electron chi connectivity index (χ2n) is 8.12. The lowest BCUT2D eigenvalue weighted by atomic mass is 10.1. The Balaban J connectivity index is 2.00. The van der Waals surface area contributed by atoms with Crippen LogP contribution in [0.25, 0.3) is 0 Å². The van der Waals surface area contributed by atoms with Crippen molar-refractivity contribution in [2.45, 2.75) is 51.4 Å². The fourth-order valence-corrected chi connectivity index (χ4v) is 4.21. The molecule has 2 atom stereocenters. The molecule has 10 heteroatoms. The summed E-state index contributed by atoms with van der Waals surface area (Å²) in [5, 5.41) is 13.1. The van der Waals surface area contributed by atoms with Gasteiger partial charge in [-0.25, -0.2) is 4.79 Å². The van der Waals surface area contributed by atoms with Crippen molar-refractivity contribution in [2.75, 3.05) is 32.2 Å². The third-order valence-electron chi connectivity index (χ3n) is 4.70. The van der Waals surface area contributed by atoms with Crippen molar-refractivity contribution in [3.8, 4) is 0 Å². The number of aliphatic hydroxyl groups is 1. The molecule has 1 aliphatic heterocycles. The molecule has 168 valence electrons. The van der Waals surface area contributed by atoms with Crippen LogP contribution in [-0.2, 0) is 23.1 Å². The van der Waals surface area contributed by atoms with Crippen molar-refractivity contribution in [1.82, 2.24) is 4.90 Å². The zero-order valence-electron chi connectivity index (χ0n) is 18.1. The minimum atomic E-state index is -3.35. The average molecular weight is 442 g/mol. The van der Waals surface area contributed by atoms with Crippen molar-refractivity contribution in [1.29, 1.82) is 0 Å². The fourth-order valence-electron chi connectivity index (χ4n) is 3.13. The number of nitrogens with zero attached hydrogens (tertiary/aromatic N) is 1. The normalized spacial score (nSPS) is 18.2. The second kappa shape index (κ2) is 9.92. The van der Waals surface area contributed by atoms with E-state index in [1.807, 2.05) is 0 Å². The van der Waals surface area contributed by atoms with Gasteiger partial charge in [-0.1, -0.05) is 12.1 Å². The number of hydrogen-bond acceptors (Lipinski definition) is 7. The van der Waals surface area contributed by atoms with Crippen LogP contribution in [0.2, 0.25) is 0 Å². The first-order valence-corrected chi connectivity index (χ1v) is 11.5. The van der Waals surface area contributed by atoms with Crippen molar-refractivity contribution < 1.29 is 33.0 Å². The molecule has 1 saturated heterocycles. The Morgan fingerprint density at radius 3 is 2.37 bits per heavy atom. The number of carbonyl (C=O) groups is 2. The molecule has 1 aromatic carbocycles. The summed E-state index contributed by atoms with van der Waals surface area (Å²) in [5.74, 6) is -0.296. The van der Waals surface area contributed by atoms with E-state index in [0.29, 0.717) is 24.2 Å². The molecule has 2 N–H and O–H groups in total. The van der Waals surface area contributed by atoms with Gasteiger partial charge >= 0.3 is 13.7 Å². The molecule has 0 bridgehead atoms. The van der Waals surface area contributed by atoms with Gasteiger partial charge in [0.1, 0.15) is 11.6 Å². The summed E-state index contributed by atoms with van der Waals surface area (Å²) >= 11 is 0. The van der Waals surface area contributed by atoms with Crippen LogP contribution >= 0.6 is 7.60 Å². The molecular formula is C20H31N2O7P. The molecule has 1 heterocycles. The van der Waals surface area contributed by atoms with Gasteiger partial charge in [-0.15, -0.1) is 0 Å². The number of rotatable bonds is 7. The lowest BCUT2D eigenvalue weighted by Crippen LogP contribution is -2.45. The van der Waals surface area contributed by atoms with Crippen LogP contribution in [-0.4, -0.2) is 60.6 Å². The molecule has 1 aromatic rings. The molecular weight excluding hydrogens is 411 g/mol. The first kappa shape index (κ1) is 24.3. The lowest BCUT2D eigenvalue weighted by Gasteiger charge is -2.28. The van der Waals surface area contributed by atoms with Crippen LogP contribution in [0.5, 0.6) is 0 Å². The first-order valence-electron chi connectivity index (χ1n) is 9.77. The third kappa shape index (κ3) is 6.54. The topological polar surface area (TPSA) is 114 Å². The summed E-state index contributed by atoms with van der Waals surface area (Å²) < 4.78 is 27.2. The molecule has 30 heavy (non-hydrogen) atoms. The number of amides is 2. The highest BCUT2D eigenvalue weighted by Crippen LogP contribution is 2.49. The molecule has 0 saturated carbocycles. The van der Waals surface area contributed by atoms with E-state index >= 15 is 0 Å². The van der Waals surface area contributed by atoms with Crippen LogP contribution in [0.4, 0.5) is 10.5 Å². The Morgan fingerprint density at radius 2 is 1.83 bits per heavy atom. The third-order valence-corrected chi connectivity index (χ3v) is 6.61. The van der Waals surface area contributed by atoms with Crippen LogP contribution in [0.1, 0.15) is 45.3 Å². The highest BCUT2D eigenvalue weighted by molar-refractivity contribution is 7.53. The van der Waals surface area contributed by atoms with Gasteiger partial charge in [-0.2, -0.15) is 0 Å². The molecule has 0 unspecified atom stereocenters. The molecule has 0 aliphatic carbocycles. The van der Waals surface area contributed by atoms with E-state index in [-0.39, 0.29) is 12.1 Å². The minimum absolute atomic E-state index is 0.182. The number of carbonyl (C=O) groups excluding carboxylic acids is 2. The lowest BCUT2D eigenvalue weighted by molar-refractivity contribution is -0.120. The number of nitrogens with one attached hydrogen (secondary N) is 1. The number of likely N-dealkylation sites (tertiary alicyclic amines) is 1. The van der Waals surface area contributed by atoms with Gasteiger partial charge in [-0.3, -0.25) is 14.3 Å². The van der Waals surface area contributed by atoms with Crippen molar-refractivity contribution in [2.24, 2.45) is 0 Å². The monoisotopic (exact) mass is 442 g/mol. The van der Waals surface area contributed by atoms with E-state index in [9.17, 15) is 19.3 Å². The Labute approximate surface area is 177 Å². The molecule has 0 spiro atoms. The Kier molecular flexibility index (Phi) is 8.05. The summed E-state index contributed by atoms with van der Waals surface area (Å²) in [4.78, 5) is 26.5. The maximum Gasteiger partial charge on any atom is 0.410 e. The van der Waals surface area contributed by atoms with Gasteiger partial charge in [0.25, 0.3) is 0 Å². The Bertz CT molecular complexity index is 783. The highest BCUT2D eigenvalue weighted by Gasteiger charge is 2.36. The Hall–Kier alpha value is -1.93. The van der Waals surface area contributed by atoms with Gasteiger partial charge in [0, 0.05) is 26.5 Å². The van der Waals surface area contributed by atoms with E-state index in [1.165, 1.54) is 19.1 Å². The smallest absolute Gasteiger partial charge is 0.410 e. The second-order valence-corrected chi connectivity index (χ2v) is 10.4. The molecule has 2 rings (SSSR count). The number of hydrogen-bond donors (Lipinski definition) is 2. The molecule has 1 aliphatic rings. The number of ether oxygens (including phenoxy) is 1. The van der Waals surface area contributed by atoms with Gasteiger partial charge in [0.05, 0.1) is 12.3 Å².